The summed E-state index contributed by atoms with van der Waals surface area (Å²) in [4.78, 5) is 12.0. The van der Waals surface area contributed by atoms with Crippen molar-refractivity contribution in [2.45, 2.75) is 58.7 Å². The van der Waals surface area contributed by atoms with Crippen LogP contribution in [-0.4, -0.2) is 34.3 Å². The summed E-state index contributed by atoms with van der Waals surface area (Å²) in [5, 5.41) is 18.8. The van der Waals surface area contributed by atoms with Crippen molar-refractivity contribution in [1.29, 1.82) is 0 Å². The van der Waals surface area contributed by atoms with Gasteiger partial charge in [0.1, 0.15) is 6.61 Å². The first kappa shape index (κ1) is 16.7. The van der Waals surface area contributed by atoms with Gasteiger partial charge in [-0.1, -0.05) is 18.5 Å². The van der Waals surface area contributed by atoms with Crippen molar-refractivity contribution in [3.05, 3.63) is 17.5 Å². The number of aliphatic hydroxyl groups is 1. The van der Waals surface area contributed by atoms with Crippen LogP contribution >= 0.6 is 0 Å². The van der Waals surface area contributed by atoms with E-state index in [-0.39, 0.29) is 35.5 Å². The summed E-state index contributed by atoms with van der Waals surface area (Å²) >= 11 is 0. The fraction of sp³-hybridized carbons (Fsp3) is 0.714. The highest BCUT2D eigenvalue weighted by molar-refractivity contribution is 5.92. The second-order valence-corrected chi connectivity index (χ2v) is 5.53. The summed E-state index contributed by atoms with van der Waals surface area (Å²) in [5.41, 5.74) is -0.0285. The Morgan fingerprint density at radius 1 is 1.55 bits per heavy atom. The third-order valence-corrected chi connectivity index (χ3v) is 3.49. The fourth-order valence-corrected chi connectivity index (χ4v) is 1.69. The van der Waals surface area contributed by atoms with Crippen molar-refractivity contribution >= 4 is 5.91 Å². The quantitative estimate of drug-likeness (QED) is 0.629. The highest BCUT2D eigenvalue weighted by Crippen LogP contribution is 2.11. The minimum atomic E-state index is -0.300. The summed E-state index contributed by atoms with van der Waals surface area (Å²) in [7, 11) is 0. The van der Waals surface area contributed by atoms with Crippen molar-refractivity contribution in [3.63, 3.8) is 0 Å². The van der Waals surface area contributed by atoms with Crippen molar-refractivity contribution in [1.82, 2.24) is 15.8 Å². The molecule has 1 aromatic rings. The highest BCUT2D eigenvalue weighted by atomic mass is 16.5. The second kappa shape index (κ2) is 7.40. The Bertz CT molecular complexity index is 429. The molecule has 6 nitrogen and oxygen atoms in total. The summed E-state index contributed by atoms with van der Waals surface area (Å²) in [6.07, 6.45) is 2.24. The largest absolute Gasteiger partial charge is 0.388 e. The summed E-state index contributed by atoms with van der Waals surface area (Å²) in [5.74, 6) is -0.0190. The van der Waals surface area contributed by atoms with Crippen LogP contribution in [0.15, 0.2) is 10.6 Å². The number of aliphatic hydroxyl groups excluding tert-OH is 1. The predicted octanol–water partition coefficient (Wildman–Crippen LogP) is 1.45. The average molecular weight is 283 g/mol. The van der Waals surface area contributed by atoms with Crippen LogP contribution in [0.2, 0.25) is 0 Å². The molecule has 1 atom stereocenters. The SMILES string of the molecule is CCCCNC(C)(C)C(C)NC(=O)c1cc(CO)on1. The van der Waals surface area contributed by atoms with Crippen LogP contribution in [0.4, 0.5) is 0 Å². The van der Waals surface area contributed by atoms with E-state index < -0.39 is 0 Å². The van der Waals surface area contributed by atoms with E-state index in [0.29, 0.717) is 0 Å². The zero-order chi connectivity index (χ0) is 15.2. The van der Waals surface area contributed by atoms with Gasteiger partial charge in [-0.25, -0.2) is 0 Å². The van der Waals surface area contributed by atoms with Crippen LogP contribution in [0.1, 0.15) is 56.8 Å². The van der Waals surface area contributed by atoms with Gasteiger partial charge in [0.15, 0.2) is 11.5 Å². The van der Waals surface area contributed by atoms with E-state index in [2.05, 4.69) is 36.6 Å². The molecular weight excluding hydrogens is 258 g/mol. The smallest absolute Gasteiger partial charge is 0.273 e. The summed E-state index contributed by atoms with van der Waals surface area (Å²) in [6.45, 7) is 8.85. The molecule has 1 unspecified atom stereocenters. The van der Waals surface area contributed by atoms with Gasteiger partial charge in [0, 0.05) is 17.6 Å². The number of hydrogen-bond donors (Lipinski definition) is 3. The molecule has 1 heterocycles. The lowest BCUT2D eigenvalue weighted by atomic mass is 9.95. The number of hydrogen-bond acceptors (Lipinski definition) is 5. The normalized spacial score (nSPS) is 13.2. The molecule has 3 N–H and O–H groups in total. The number of nitrogens with one attached hydrogen (secondary N) is 2. The maximum absolute atomic E-state index is 12.0. The number of aromatic nitrogens is 1. The molecule has 114 valence electrons. The molecule has 0 fully saturated rings. The Morgan fingerprint density at radius 3 is 2.80 bits per heavy atom. The number of carbonyl (C=O) groups excluding carboxylic acids is 1. The van der Waals surface area contributed by atoms with E-state index in [9.17, 15) is 4.79 Å². The fourth-order valence-electron chi connectivity index (χ4n) is 1.69. The van der Waals surface area contributed by atoms with Gasteiger partial charge in [0.25, 0.3) is 5.91 Å². The van der Waals surface area contributed by atoms with E-state index in [1.54, 1.807) is 0 Å². The Morgan fingerprint density at radius 2 is 2.25 bits per heavy atom. The lowest BCUT2D eigenvalue weighted by Gasteiger charge is -2.33. The van der Waals surface area contributed by atoms with Crippen LogP contribution in [0, 0.1) is 0 Å². The molecule has 1 amide bonds. The first-order valence-corrected chi connectivity index (χ1v) is 7.03. The number of nitrogens with zero attached hydrogens (tertiary/aromatic N) is 1. The van der Waals surface area contributed by atoms with E-state index >= 15 is 0 Å². The molecule has 0 aromatic carbocycles. The van der Waals surface area contributed by atoms with Crippen LogP contribution in [0.25, 0.3) is 0 Å². The Hall–Kier alpha value is -1.40. The maximum atomic E-state index is 12.0. The average Bonchev–Trinajstić information content (AvgIpc) is 2.87. The molecule has 0 aliphatic rings. The lowest BCUT2D eigenvalue weighted by Crippen LogP contribution is -2.56. The molecule has 0 radical (unpaired) electrons. The van der Waals surface area contributed by atoms with Gasteiger partial charge in [-0.15, -0.1) is 0 Å². The summed E-state index contributed by atoms with van der Waals surface area (Å²) in [6, 6.07) is 1.38. The van der Waals surface area contributed by atoms with Gasteiger partial charge in [-0.3, -0.25) is 4.79 Å². The van der Waals surface area contributed by atoms with Crippen molar-refractivity contribution in [2.24, 2.45) is 0 Å². The third-order valence-electron chi connectivity index (χ3n) is 3.49. The van der Waals surface area contributed by atoms with E-state index in [1.165, 1.54) is 6.07 Å². The van der Waals surface area contributed by atoms with Crippen molar-refractivity contribution in [3.8, 4) is 0 Å². The summed E-state index contributed by atoms with van der Waals surface area (Å²) < 4.78 is 4.81. The van der Waals surface area contributed by atoms with Gasteiger partial charge < -0.3 is 20.3 Å². The maximum Gasteiger partial charge on any atom is 0.273 e. The van der Waals surface area contributed by atoms with Gasteiger partial charge >= 0.3 is 0 Å². The Kier molecular flexibility index (Phi) is 6.16. The van der Waals surface area contributed by atoms with Crippen molar-refractivity contribution in [2.75, 3.05) is 6.54 Å². The van der Waals surface area contributed by atoms with Gasteiger partial charge in [-0.2, -0.15) is 0 Å². The Balaban J connectivity index is 2.55. The molecule has 0 bridgehead atoms. The van der Waals surface area contributed by atoms with Gasteiger partial charge in [0.2, 0.25) is 0 Å². The second-order valence-electron chi connectivity index (χ2n) is 5.53. The standard InChI is InChI=1S/C14H25N3O3/c1-5-6-7-15-14(3,4)10(2)16-13(19)12-8-11(9-18)20-17-12/h8,10,15,18H,5-7,9H2,1-4H3,(H,16,19). The van der Waals surface area contributed by atoms with Crippen LogP contribution in [0.5, 0.6) is 0 Å². The van der Waals surface area contributed by atoms with Gasteiger partial charge in [-0.05, 0) is 33.7 Å². The molecule has 0 spiro atoms. The molecule has 0 aliphatic heterocycles. The minimum Gasteiger partial charge on any atom is -0.388 e. The molecule has 1 rings (SSSR count). The number of carbonyl (C=O) groups is 1. The molecular formula is C14H25N3O3. The molecule has 1 aromatic heterocycles. The van der Waals surface area contributed by atoms with Crippen LogP contribution < -0.4 is 10.6 Å². The van der Waals surface area contributed by atoms with E-state index in [1.807, 2.05) is 6.92 Å². The monoisotopic (exact) mass is 283 g/mol. The van der Waals surface area contributed by atoms with Crippen LogP contribution in [-0.2, 0) is 6.61 Å². The lowest BCUT2D eigenvalue weighted by molar-refractivity contribution is 0.0907. The number of amides is 1. The molecule has 0 aliphatic carbocycles. The number of unbranched alkanes of at least 4 members (excludes halogenated alkanes) is 1. The third kappa shape index (κ3) is 4.61. The first-order valence-electron chi connectivity index (χ1n) is 7.03. The highest BCUT2D eigenvalue weighted by Gasteiger charge is 2.27. The van der Waals surface area contributed by atoms with Gasteiger partial charge in [0.05, 0.1) is 0 Å². The molecule has 6 heteroatoms. The minimum absolute atomic E-state index is 0.0684. The molecule has 0 saturated heterocycles. The first-order chi connectivity index (χ1) is 9.40. The van der Waals surface area contributed by atoms with Crippen molar-refractivity contribution < 1.29 is 14.4 Å². The Labute approximate surface area is 119 Å². The zero-order valence-electron chi connectivity index (χ0n) is 12.7. The predicted molar refractivity (Wildman–Crippen MR) is 76.3 cm³/mol. The van der Waals surface area contributed by atoms with E-state index in [0.717, 1.165) is 19.4 Å². The molecule has 0 saturated carbocycles. The number of rotatable bonds is 8. The molecule has 20 heavy (non-hydrogen) atoms. The van der Waals surface area contributed by atoms with Crippen LogP contribution in [0.3, 0.4) is 0 Å². The zero-order valence-corrected chi connectivity index (χ0v) is 12.7. The topological polar surface area (TPSA) is 87.4 Å². The van der Waals surface area contributed by atoms with E-state index in [4.69, 9.17) is 9.63 Å².